The van der Waals surface area contributed by atoms with Crippen molar-refractivity contribution in [2.24, 2.45) is 0 Å². The molecule has 0 aromatic carbocycles. The van der Waals surface area contributed by atoms with Crippen LogP contribution in [0.1, 0.15) is 39.3 Å². The first-order chi connectivity index (χ1) is 10.1. The van der Waals surface area contributed by atoms with Gasteiger partial charge in [-0.05, 0) is 32.9 Å². The predicted octanol–water partition coefficient (Wildman–Crippen LogP) is 2.09. The molecule has 118 valence electrons. The lowest BCUT2D eigenvalue weighted by Gasteiger charge is -2.23. The highest BCUT2D eigenvalue weighted by molar-refractivity contribution is 7.14. The fourth-order valence-electron chi connectivity index (χ4n) is 2.74. The average Bonchev–Trinajstić information content (AvgIpc) is 3.10. The summed E-state index contributed by atoms with van der Waals surface area (Å²) in [7, 11) is 0. The number of hydrogen-bond acceptors (Lipinski definition) is 5. The zero-order chi connectivity index (χ0) is 15.2. The van der Waals surface area contributed by atoms with Crippen LogP contribution in [0.15, 0.2) is 5.38 Å². The van der Waals surface area contributed by atoms with Gasteiger partial charge >= 0.3 is 0 Å². The maximum atomic E-state index is 11.6. The molecule has 1 aliphatic heterocycles. The highest BCUT2D eigenvalue weighted by Gasteiger charge is 2.19. The van der Waals surface area contributed by atoms with Crippen molar-refractivity contribution in [2.45, 2.75) is 46.2 Å². The number of thiazole rings is 1. The van der Waals surface area contributed by atoms with Gasteiger partial charge in [0, 0.05) is 38.0 Å². The van der Waals surface area contributed by atoms with Crippen molar-refractivity contribution in [2.75, 3.05) is 31.1 Å². The van der Waals surface area contributed by atoms with E-state index in [4.69, 9.17) is 0 Å². The molecule has 0 saturated carbocycles. The van der Waals surface area contributed by atoms with Crippen molar-refractivity contribution in [1.82, 2.24) is 15.2 Å². The van der Waals surface area contributed by atoms with Gasteiger partial charge in [-0.25, -0.2) is 4.98 Å². The second-order valence-corrected chi connectivity index (χ2v) is 6.34. The lowest BCUT2D eigenvalue weighted by atomic mass is 10.2. The molecule has 1 aromatic rings. The second kappa shape index (κ2) is 7.87. The standard InChI is InChI=1S/C15H26N4OS/c1-4-18(9-13-7-6-8-16-13)10-14-11-21-15(17-14)19(5-2)12(3)20/h11,13,16H,4-10H2,1-3H3. The fourth-order valence-corrected chi connectivity index (χ4v) is 3.67. The van der Waals surface area contributed by atoms with E-state index in [9.17, 15) is 4.79 Å². The summed E-state index contributed by atoms with van der Waals surface area (Å²) in [4.78, 5) is 20.3. The maximum absolute atomic E-state index is 11.6. The van der Waals surface area contributed by atoms with Gasteiger partial charge in [-0.2, -0.15) is 0 Å². The molecule has 0 aliphatic carbocycles. The van der Waals surface area contributed by atoms with Crippen LogP contribution in [-0.4, -0.2) is 48.0 Å². The first-order valence-electron chi connectivity index (χ1n) is 7.82. The van der Waals surface area contributed by atoms with Crippen LogP contribution in [0.3, 0.4) is 0 Å². The van der Waals surface area contributed by atoms with Crippen molar-refractivity contribution in [3.05, 3.63) is 11.1 Å². The number of nitrogens with zero attached hydrogens (tertiary/aromatic N) is 3. The van der Waals surface area contributed by atoms with Crippen molar-refractivity contribution >= 4 is 22.4 Å². The largest absolute Gasteiger partial charge is 0.313 e. The van der Waals surface area contributed by atoms with E-state index in [1.165, 1.54) is 12.8 Å². The number of nitrogens with one attached hydrogen (secondary N) is 1. The summed E-state index contributed by atoms with van der Waals surface area (Å²) in [5, 5.41) is 6.43. The minimum atomic E-state index is 0.0564. The number of anilines is 1. The molecule has 0 bridgehead atoms. The van der Waals surface area contributed by atoms with Crippen molar-refractivity contribution in [3.8, 4) is 0 Å². The van der Waals surface area contributed by atoms with Crippen LogP contribution in [0.5, 0.6) is 0 Å². The summed E-state index contributed by atoms with van der Waals surface area (Å²) in [5.41, 5.74) is 1.06. The minimum absolute atomic E-state index is 0.0564. The van der Waals surface area contributed by atoms with Gasteiger partial charge in [0.15, 0.2) is 5.13 Å². The Morgan fingerprint density at radius 1 is 1.48 bits per heavy atom. The zero-order valence-corrected chi connectivity index (χ0v) is 14.1. The predicted molar refractivity (Wildman–Crippen MR) is 87.8 cm³/mol. The molecule has 1 amide bonds. The van der Waals surface area contributed by atoms with Gasteiger partial charge in [0.05, 0.1) is 5.69 Å². The van der Waals surface area contributed by atoms with Crippen molar-refractivity contribution in [1.29, 1.82) is 0 Å². The molecule has 1 saturated heterocycles. The number of rotatable bonds is 7. The van der Waals surface area contributed by atoms with E-state index in [1.807, 2.05) is 6.92 Å². The first-order valence-corrected chi connectivity index (χ1v) is 8.70. The van der Waals surface area contributed by atoms with Crippen LogP contribution in [0.2, 0.25) is 0 Å². The van der Waals surface area contributed by atoms with Gasteiger partial charge in [-0.3, -0.25) is 14.6 Å². The average molecular weight is 310 g/mol. The Bertz CT molecular complexity index is 456. The fraction of sp³-hybridized carbons (Fsp3) is 0.733. The zero-order valence-electron chi connectivity index (χ0n) is 13.3. The summed E-state index contributed by atoms with van der Waals surface area (Å²) >= 11 is 1.56. The monoisotopic (exact) mass is 310 g/mol. The van der Waals surface area contributed by atoms with Gasteiger partial charge in [-0.15, -0.1) is 11.3 Å². The molecule has 2 rings (SSSR count). The third kappa shape index (κ3) is 4.49. The lowest BCUT2D eigenvalue weighted by molar-refractivity contribution is -0.116. The van der Waals surface area contributed by atoms with E-state index in [1.54, 1.807) is 23.2 Å². The van der Waals surface area contributed by atoms with E-state index >= 15 is 0 Å². The Kier molecular flexibility index (Phi) is 6.14. The molecule has 6 heteroatoms. The third-order valence-corrected chi connectivity index (χ3v) is 4.85. The van der Waals surface area contributed by atoms with Crippen molar-refractivity contribution < 1.29 is 4.79 Å². The van der Waals surface area contributed by atoms with Crippen molar-refractivity contribution in [3.63, 3.8) is 0 Å². The van der Waals surface area contributed by atoms with E-state index in [0.29, 0.717) is 12.6 Å². The highest BCUT2D eigenvalue weighted by Crippen LogP contribution is 2.21. The van der Waals surface area contributed by atoms with E-state index in [2.05, 4.69) is 27.5 Å². The molecule has 0 radical (unpaired) electrons. The molecule has 1 atom stereocenters. The summed E-state index contributed by atoms with van der Waals surface area (Å²) < 4.78 is 0. The maximum Gasteiger partial charge on any atom is 0.225 e. The van der Waals surface area contributed by atoms with Crippen LogP contribution >= 0.6 is 11.3 Å². The molecule has 5 nitrogen and oxygen atoms in total. The van der Waals surface area contributed by atoms with Crippen LogP contribution in [0, 0.1) is 0 Å². The van der Waals surface area contributed by atoms with E-state index in [-0.39, 0.29) is 5.91 Å². The number of carbonyl (C=O) groups is 1. The molecule has 1 aliphatic rings. The van der Waals surface area contributed by atoms with E-state index < -0.39 is 0 Å². The molecular formula is C15H26N4OS. The van der Waals surface area contributed by atoms with Gasteiger partial charge in [0.1, 0.15) is 0 Å². The summed E-state index contributed by atoms with van der Waals surface area (Å²) in [6.07, 6.45) is 2.56. The number of carbonyl (C=O) groups excluding carboxylic acids is 1. The summed E-state index contributed by atoms with van der Waals surface area (Å²) in [6, 6.07) is 0.618. The third-order valence-electron chi connectivity index (χ3n) is 3.94. The SMILES string of the molecule is CCN(Cc1csc(N(CC)C(C)=O)n1)CC1CCCN1. The van der Waals surface area contributed by atoms with Gasteiger partial charge < -0.3 is 5.32 Å². The van der Waals surface area contributed by atoms with E-state index in [0.717, 1.165) is 37.0 Å². The molecule has 0 spiro atoms. The Labute approximate surface area is 131 Å². The van der Waals surface area contributed by atoms with Crippen LogP contribution < -0.4 is 10.2 Å². The van der Waals surface area contributed by atoms with Gasteiger partial charge in [-0.1, -0.05) is 6.92 Å². The molecule has 21 heavy (non-hydrogen) atoms. The van der Waals surface area contributed by atoms with Gasteiger partial charge in [0.25, 0.3) is 0 Å². The quantitative estimate of drug-likeness (QED) is 0.838. The highest BCUT2D eigenvalue weighted by atomic mass is 32.1. The second-order valence-electron chi connectivity index (χ2n) is 5.51. The van der Waals surface area contributed by atoms with Gasteiger partial charge in [0.2, 0.25) is 5.91 Å². The lowest BCUT2D eigenvalue weighted by Crippen LogP contribution is -2.37. The Morgan fingerprint density at radius 2 is 2.29 bits per heavy atom. The Balaban J connectivity index is 1.94. The number of hydrogen-bond donors (Lipinski definition) is 1. The smallest absolute Gasteiger partial charge is 0.225 e. The number of aromatic nitrogens is 1. The molecule has 1 fully saturated rings. The van der Waals surface area contributed by atoms with Crippen LogP contribution in [-0.2, 0) is 11.3 Å². The molecule has 1 unspecified atom stereocenters. The molecular weight excluding hydrogens is 284 g/mol. The Morgan fingerprint density at radius 3 is 2.86 bits per heavy atom. The number of likely N-dealkylation sites (N-methyl/N-ethyl adjacent to an activating group) is 1. The summed E-state index contributed by atoms with van der Waals surface area (Å²) in [6.45, 7) is 10.5. The Hall–Kier alpha value is -0.980. The minimum Gasteiger partial charge on any atom is -0.313 e. The molecule has 1 N–H and O–H groups in total. The normalized spacial score (nSPS) is 18.4. The molecule has 2 heterocycles. The molecule has 1 aromatic heterocycles. The summed E-state index contributed by atoms with van der Waals surface area (Å²) in [5.74, 6) is 0.0564. The van der Waals surface area contributed by atoms with Crippen LogP contribution in [0.25, 0.3) is 0 Å². The van der Waals surface area contributed by atoms with Crippen LogP contribution in [0.4, 0.5) is 5.13 Å². The first kappa shape index (κ1) is 16.4. The number of amides is 1. The topological polar surface area (TPSA) is 48.5 Å².